The average Bonchev–Trinajstić information content (AvgIpc) is 2.55. The van der Waals surface area contributed by atoms with Gasteiger partial charge in [-0.2, -0.15) is 0 Å². The first-order valence-electron chi connectivity index (χ1n) is 6.45. The summed E-state index contributed by atoms with van der Waals surface area (Å²) in [5.41, 5.74) is 0.930. The molecule has 0 atom stereocenters. The molecular formula is C17H18O4. The predicted molar refractivity (Wildman–Crippen MR) is 82.2 cm³/mol. The average molecular weight is 286 g/mol. The first-order chi connectivity index (χ1) is 10.2. The smallest absolute Gasteiger partial charge is 0.126 e. The maximum absolute atomic E-state index is 5.54. The molecule has 2 rings (SSSR count). The summed E-state index contributed by atoms with van der Waals surface area (Å²) in [4.78, 5) is 0. The molecule has 0 bridgehead atoms. The molecule has 0 N–H and O–H groups in total. The molecule has 0 saturated carbocycles. The fraction of sp³-hybridized carbons (Fsp3) is 0.176. The van der Waals surface area contributed by atoms with E-state index in [9.17, 15) is 0 Å². The molecule has 0 heterocycles. The van der Waals surface area contributed by atoms with Crippen molar-refractivity contribution in [3.8, 4) is 23.0 Å². The number of rotatable bonds is 6. The molecule has 21 heavy (non-hydrogen) atoms. The van der Waals surface area contributed by atoms with Crippen LogP contribution in [0.4, 0.5) is 0 Å². The molecule has 0 saturated heterocycles. The zero-order valence-electron chi connectivity index (χ0n) is 12.3. The van der Waals surface area contributed by atoms with Gasteiger partial charge in [-0.15, -0.1) is 0 Å². The van der Waals surface area contributed by atoms with E-state index in [-0.39, 0.29) is 0 Å². The van der Waals surface area contributed by atoms with Crippen LogP contribution >= 0.6 is 0 Å². The Kier molecular flexibility index (Phi) is 5.10. The second-order valence-electron chi connectivity index (χ2n) is 4.24. The van der Waals surface area contributed by atoms with Crippen molar-refractivity contribution in [2.75, 3.05) is 21.3 Å². The van der Waals surface area contributed by atoms with Gasteiger partial charge in [0.25, 0.3) is 0 Å². The molecule has 2 aromatic rings. The summed E-state index contributed by atoms with van der Waals surface area (Å²) in [5, 5.41) is 0. The Hall–Kier alpha value is -2.62. The Bertz CT molecular complexity index is 580. The first kappa shape index (κ1) is 14.8. The highest BCUT2D eigenvalue weighted by Crippen LogP contribution is 2.23. The second kappa shape index (κ2) is 7.24. The van der Waals surface area contributed by atoms with E-state index < -0.39 is 0 Å². The van der Waals surface area contributed by atoms with Crippen molar-refractivity contribution >= 4 is 6.08 Å². The Balaban J connectivity index is 2.06. The summed E-state index contributed by atoms with van der Waals surface area (Å²) in [7, 11) is 4.87. The van der Waals surface area contributed by atoms with Crippen molar-refractivity contribution in [1.29, 1.82) is 0 Å². The molecule has 0 unspecified atom stereocenters. The summed E-state index contributed by atoms with van der Waals surface area (Å²) < 4.78 is 21.1. The predicted octanol–water partition coefficient (Wildman–Crippen LogP) is 3.76. The van der Waals surface area contributed by atoms with Gasteiger partial charge in [0, 0.05) is 6.07 Å². The standard InChI is InChI=1S/C17H18O4/c1-18-14-4-6-15(7-5-14)21-9-8-13-10-16(19-2)12-17(11-13)20-3/h4-12H,1-3H3/b9-8+. The van der Waals surface area contributed by atoms with Gasteiger partial charge in [-0.3, -0.25) is 0 Å². The van der Waals surface area contributed by atoms with Crippen LogP contribution < -0.4 is 18.9 Å². The van der Waals surface area contributed by atoms with Gasteiger partial charge in [0.1, 0.15) is 23.0 Å². The fourth-order valence-corrected chi connectivity index (χ4v) is 1.77. The van der Waals surface area contributed by atoms with Gasteiger partial charge in [-0.05, 0) is 48.0 Å². The molecule has 2 aromatic carbocycles. The van der Waals surface area contributed by atoms with E-state index in [1.165, 1.54) is 0 Å². The molecule has 0 aromatic heterocycles. The van der Waals surface area contributed by atoms with Crippen molar-refractivity contribution in [2.45, 2.75) is 0 Å². The van der Waals surface area contributed by atoms with E-state index in [0.29, 0.717) is 0 Å². The van der Waals surface area contributed by atoms with Crippen LogP contribution in [-0.2, 0) is 0 Å². The molecular weight excluding hydrogens is 268 g/mol. The number of methoxy groups -OCH3 is 3. The lowest BCUT2D eigenvalue weighted by molar-refractivity contribution is 0.394. The third kappa shape index (κ3) is 4.18. The van der Waals surface area contributed by atoms with E-state index >= 15 is 0 Å². The van der Waals surface area contributed by atoms with Crippen LogP contribution in [0.15, 0.2) is 48.7 Å². The van der Waals surface area contributed by atoms with Crippen LogP contribution in [0.25, 0.3) is 6.08 Å². The van der Waals surface area contributed by atoms with E-state index in [0.717, 1.165) is 28.6 Å². The zero-order valence-corrected chi connectivity index (χ0v) is 12.3. The molecule has 110 valence electrons. The SMILES string of the molecule is COc1ccc(O/C=C/c2cc(OC)cc(OC)c2)cc1. The lowest BCUT2D eigenvalue weighted by Gasteiger charge is -2.06. The van der Waals surface area contributed by atoms with Gasteiger partial charge in [-0.25, -0.2) is 0 Å². The van der Waals surface area contributed by atoms with Crippen LogP contribution in [0.3, 0.4) is 0 Å². The first-order valence-corrected chi connectivity index (χ1v) is 6.45. The van der Waals surface area contributed by atoms with Crippen molar-refractivity contribution in [3.05, 3.63) is 54.3 Å². The Morgan fingerprint density at radius 2 is 1.19 bits per heavy atom. The minimum absolute atomic E-state index is 0.735. The lowest BCUT2D eigenvalue weighted by Crippen LogP contribution is -1.88. The number of ether oxygens (including phenoxy) is 4. The summed E-state index contributed by atoms with van der Waals surface area (Å²) in [6.45, 7) is 0. The Morgan fingerprint density at radius 1 is 0.667 bits per heavy atom. The van der Waals surface area contributed by atoms with E-state index in [1.54, 1.807) is 27.6 Å². The topological polar surface area (TPSA) is 36.9 Å². The molecule has 4 heteroatoms. The summed E-state index contributed by atoms with van der Waals surface area (Å²) in [6.07, 6.45) is 3.46. The molecule has 0 aliphatic carbocycles. The van der Waals surface area contributed by atoms with Crippen LogP contribution in [-0.4, -0.2) is 21.3 Å². The third-order valence-electron chi connectivity index (χ3n) is 2.90. The maximum atomic E-state index is 5.54. The second-order valence-corrected chi connectivity index (χ2v) is 4.24. The molecule has 0 fully saturated rings. The fourth-order valence-electron chi connectivity index (χ4n) is 1.77. The van der Waals surface area contributed by atoms with Gasteiger partial charge < -0.3 is 18.9 Å². The van der Waals surface area contributed by atoms with Crippen molar-refractivity contribution < 1.29 is 18.9 Å². The van der Waals surface area contributed by atoms with Crippen LogP contribution in [0.1, 0.15) is 5.56 Å². The molecule has 0 aliphatic rings. The Morgan fingerprint density at radius 3 is 1.71 bits per heavy atom. The minimum Gasteiger partial charge on any atom is -0.497 e. The molecule has 0 aliphatic heterocycles. The number of hydrogen-bond acceptors (Lipinski definition) is 4. The van der Waals surface area contributed by atoms with Gasteiger partial charge in [0.05, 0.1) is 27.6 Å². The quantitative estimate of drug-likeness (QED) is 0.758. The monoisotopic (exact) mass is 286 g/mol. The van der Waals surface area contributed by atoms with Crippen molar-refractivity contribution in [1.82, 2.24) is 0 Å². The number of hydrogen-bond donors (Lipinski definition) is 0. The summed E-state index contributed by atoms with van der Waals surface area (Å²) >= 11 is 0. The van der Waals surface area contributed by atoms with E-state index in [1.807, 2.05) is 48.5 Å². The van der Waals surface area contributed by atoms with Gasteiger partial charge in [-0.1, -0.05) is 0 Å². The third-order valence-corrected chi connectivity index (χ3v) is 2.90. The molecule has 0 spiro atoms. The van der Waals surface area contributed by atoms with Crippen LogP contribution in [0.2, 0.25) is 0 Å². The minimum atomic E-state index is 0.735. The highest BCUT2D eigenvalue weighted by molar-refractivity contribution is 5.54. The van der Waals surface area contributed by atoms with Gasteiger partial charge >= 0.3 is 0 Å². The van der Waals surface area contributed by atoms with Crippen molar-refractivity contribution in [2.24, 2.45) is 0 Å². The molecule has 0 radical (unpaired) electrons. The van der Waals surface area contributed by atoms with Crippen LogP contribution in [0, 0.1) is 0 Å². The molecule has 4 nitrogen and oxygen atoms in total. The number of benzene rings is 2. The lowest BCUT2D eigenvalue weighted by atomic mass is 10.2. The zero-order chi connectivity index (χ0) is 15.1. The normalized spacial score (nSPS) is 10.4. The van der Waals surface area contributed by atoms with Crippen molar-refractivity contribution in [3.63, 3.8) is 0 Å². The van der Waals surface area contributed by atoms with E-state index in [4.69, 9.17) is 18.9 Å². The highest BCUT2D eigenvalue weighted by atomic mass is 16.5. The summed E-state index contributed by atoms with van der Waals surface area (Å²) in [6, 6.07) is 13.0. The van der Waals surface area contributed by atoms with Crippen LogP contribution in [0.5, 0.6) is 23.0 Å². The largest absolute Gasteiger partial charge is 0.497 e. The summed E-state index contributed by atoms with van der Waals surface area (Å²) in [5.74, 6) is 3.00. The Labute approximate surface area is 124 Å². The maximum Gasteiger partial charge on any atom is 0.126 e. The molecule has 0 amide bonds. The van der Waals surface area contributed by atoms with Gasteiger partial charge in [0.15, 0.2) is 0 Å². The van der Waals surface area contributed by atoms with Gasteiger partial charge in [0.2, 0.25) is 0 Å². The van der Waals surface area contributed by atoms with E-state index in [2.05, 4.69) is 0 Å². The highest BCUT2D eigenvalue weighted by Gasteiger charge is 1.99.